The smallest absolute Gasteiger partial charge is 0.291 e. The van der Waals surface area contributed by atoms with Crippen LogP contribution in [0.5, 0.6) is 0 Å². The van der Waals surface area contributed by atoms with Gasteiger partial charge in [0.1, 0.15) is 0 Å². The minimum atomic E-state index is -0.530. The summed E-state index contributed by atoms with van der Waals surface area (Å²) in [7, 11) is 1.66. The predicted octanol–water partition coefficient (Wildman–Crippen LogP) is -0.612. The van der Waals surface area contributed by atoms with E-state index in [4.69, 9.17) is 4.42 Å². The van der Waals surface area contributed by atoms with Crippen LogP contribution in [0.15, 0.2) is 10.8 Å². The molecule has 2 heterocycles. The lowest BCUT2D eigenvalue weighted by atomic mass is 10.2. The zero-order valence-electron chi connectivity index (χ0n) is 9.30. The van der Waals surface area contributed by atoms with E-state index in [1.165, 1.54) is 11.3 Å². The first kappa shape index (κ1) is 11.1. The highest BCUT2D eigenvalue weighted by molar-refractivity contribution is 5.92. The molecule has 16 heavy (non-hydrogen) atoms. The second kappa shape index (κ2) is 4.23. The Hall–Kier alpha value is -1.40. The van der Waals surface area contributed by atoms with Gasteiger partial charge in [0.15, 0.2) is 6.39 Å². The van der Waals surface area contributed by atoms with Gasteiger partial charge in [-0.1, -0.05) is 0 Å². The highest BCUT2D eigenvalue weighted by Crippen LogP contribution is 2.14. The topological polar surface area (TPSA) is 78.6 Å². The molecule has 1 amide bonds. The molecule has 2 atom stereocenters. The van der Waals surface area contributed by atoms with Crippen LogP contribution in [0, 0.1) is 6.92 Å². The van der Waals surface area contributed by atoms with Crippen molar-refractivity contribution in [1.82, 2.24) is 15.2 Å². The molecule has 1 fully saturated rings. The first-order valence-electron chi connectivity index (χ1n) is 5.17. The fraction of sp³-hybridized carbons (Fsp3) is 0.600. The van der Waals surface area contributed by atoms with Gasteiger partial charge in [-0.15, -0.1) is 0 Å². The first-order valence-corrected chi connectivity index (χ1v) is 5.17. The van der Waals surface area contributed by atoms with Gasteiger partial charge in [-0.05, 0) is 6.92 Å². The molecule has 1 aromatic heterocycles. The lowest BCUT2D eigenvalue weighted by molar-refractivity contribution is 0.0552. The molecule has 88 valence electrons. The number of oxazole rings is 1. The molecular formula is C10H15N3O3. The summed E-state index contributed by atoms with van der Waals surface area (Å²) >= 11 is 0. The van der Waals surface area contributed by atoms with Crippen LogP contribution in [0.1, 0.15) is 16.2 Å². The van der Waals surface area contributed by atoms with Gasteiger partial charge in [0, 0.05) is 20.1 Å². The number of β-amino-alcohol motifs (C(OH)–C–C–N with tert-alkyl or cyclic N) is 1. The molecule has 0 unspecified atom stereocenters. The highest BCUT2D eigenvalue weighted by Gasteiger charge is 2.33. The van der Waals surface area contributed by atoms with Crippen LogP contribution in [-0.4, -0.2) is 53.2 Å². The van der Waals surface area contributed by atoms with Crippen LogP contribution >= 0.6 is 0 Å². The number of aliphatic hydroxyl groups is 1. The molecule has 2 N–H and O–H groups in total. The third-order valence-electron chi connectivity index (χ3n) is 2.91. The molecule has 0 radical (unpaired) electrons. The van der Waals surface area contributed by atoms with Crippen molar-refractivity contribution in [1.29, 1.82) is 0 Å². The number of carbonyl (C=O) groups is 1. The Balaban J connectivity index is 2.13. The molecule has 0 aromatic carbocycles. The van der Waals surface area contributed by atoms with E-state index in [9.17, 15) is 9.90 Å². The molecule has 2 rings (SSSR count). The van der Waals surface area contributed by atoms with E-state index in [-0.39, 0.29) is 17.7 Å². The molecule has 0 saturated carbocycles. The minimum Gasteiger partial charge on any atom is -0.438 e. The monoisotopic (exact) mass is 225 g/mol. The van der Waals surface area contributed by atoms with Crippen molar-refractivity contribution < 1.29 is 14.3 Å². The molecule has 1 aliphatic rings. The Bertz CT molecular complexity index is 390. The van der Waals surface area contributed by atoms with Crippen LogP contribution in [0.4, 0.5) is 0 Å². The molecule has 1 saturated heterocycles. The number of nitrogens with one attached hydrogen (secondary N) is 1. The second-order valence-corrected chi connectivity index (χ2v) is 3.98. The maximum Gasteiger partial charge on any atom is 0.291 e. The molecule has 0 aliphatic carbocycles. The van der Waals surface area contributed by atoms with E-state index >= 15 is 0 Å². The van der Waals surface area contributed by atoms with Crippen molar-refractivity contribution in [2.75, 3.05) is 20.1 Å². The van der Waals surface area contributed by atoms with E-state index in [1.807, 2.05) is 0 Å². The Kier molecular flexibility index (Phi) is 2.93. The van der Waals surface area contributed by atoms with Gasteiger partial charge in [-0.3, -0.25) is 4.79 Å². The first-order chi connectivity index (χ1) is 7.61. The number of hydrogen-bond acceptors (Lipinski definition) is 5. The Morgan fingerprint density at radius 2 is 2.44 bits per heavy atom. The number of rotatable bonds is 2. The summed E-state index contributed by atoms with van der Waals surface area (Å²) in [5, 5.41) is 12.7. The van der Waals surface area contributed by atoms with Gasteiger partial charge in [-0.2, -0.15) is 0 Å². The molecular weight excluding hydrogens is 210 g/mol. The van der Waals surface area contributed by atoms with Crippen LogP contribution in [0.3, 0.4) is 0 Å². The number of aromatic nitrogens is 1. The van der Waals surface area contributed by atoms with E-state index < -0.39 is 6.10 Å². The third-order valence-corrected chi connectivity index (χ3v) is 2.91. The number of nitrogens with zero attached hydrogens (tertiary/aromatic N) is 2. The lowest BCUT2D eigenvalue weighted by Gasteiger charge is -2.25. The van der Waals surface area contributed by atoms with Crippen molar-refractivity contribution in [3.05, 3.63) is 17.8 Å². The van der Waals surface area contributed by atoms with Crippen molar-refractivity contribution in [3.63, 3.8) is 0 Å². The van der Waals surface area contributed by atoms with Crippen LogP contribution in [-0.2, 0) is 0 Å². The van der Waals surface area contributed by atoms with Crippen LogP contribution in [0.25, 0.3) is 0 Å². The normalized spacial score (nSPS) is 24.7. The summed E-state index contributed by atoms with van der Waals surface area (Å²) in [6, 6.07) is -0.211. The maximum absolute atomic E-state index is 12.0. The molecule has 0 spiro atoms. The highest BCUT2D eigenvalue weighted by atomic mass is 16.4. The van der Waals surface area contributed by atoms with E-state index in [0.717, 1.165) is 0 Å². The number of amides is 1. The molecule has 1 aromatic rings. The van der Waals surface area contributed by atoms with Gasteiger partial charge in [0.05, 0.1) is 17.8 Å². The Morgan fingerprint density at radius 1 is 1.69 bits per heavy atom. The minimum absolute atomic E-state index is 0.211. The van der Waals surface area contributed by atoms with Crippen LogP contribution < -0.4 is 5.32 Å². The zero-order valence-corrected chi connectivity index (χ0v) is 9.30. The second-order valence-electron chi connectivity index (χ2n) is 3.98. The third kappa shape index (κ3) is 1.81. The summed E-state index contributed by atoms with van der Waals surface area (Å²) < 4.78 is 5.04. The van der Waals surface area contributed by atoms with Crippen molar-refractivity contribution in [3.8, 4) is 0 Å². The van der Waals surface area contributed by atoms with Gasteiger partial charge >= 0.3 is 0 Å². The maximum atomic E-state index is 12.0. The summed E-state index contributed by atoms with van der Waals surface area (Å²) in [4.78, 5) is 17.4. The molecule has 0 bridgehead atoms. The number of carbonyl (C=O) groups excluding carboxylic acids is 1. The number of aryl methyl sites for hydroxylation is 1. The van der Waals surface area contributed by atoms with E-state index in [2.05, 4.69) is 10.3 Å². The lowest BCUT2D eigenvalue weighted by Crippen LogP contribution is -2.44. The van der Waals surface area contributed by atoms with E-state index in [0.29, 0.717) is 18.8 Å². The summed E-state index contributed by atoms with van der Waals surface area (Å²) in [5.41, 5.74) is 0.567. The fourth-order valence-corrected chi connectivity index (χ4v) is 1.86. The van der Waals surface area contributed by atoms with Crippen molar-refractivity contribution in [2.45, 2.75) is 19.1 Å². The standard InChI is InChI=1S/C10H15N3O3/c1-6-9(16-5-12-6)10(15)13(2)7-3-11-4-8(7)14/h5,7-8,11,14H,3-4H2,1-2H3/t7-,8-/m1/s1. The Morgan fingerprint density at radius 3 is 2.94 bits per heavy atom. The van der Waals surface area contributed by atoms with Gasteiger partial charge in [-0.25, -0.2) is 4.98 Å². The molecule has 6 heteroatoms. The number of aliphatic hydroxyl groups excluding tert-OH is 1. The average molecular weight is 225 g/mol. The zero-order chi connectivity index (χ0) is 11.7. The van der Waals surface area contributed by atoms with Gasteiger partial charge in [0.2, 0.25) is 5.76 Å². The van der Waals surface area contributed by atoms with Crippen LogP contribution in [0.2, 0.25) is 0 Å². The predicted molar refractivity (Wildman–Crippen MR) is 56.0 cm³/mol. The fourth-order valence-electron chi connectivity index (χ4n) is 1.86. The van der Waals surface area contributed by atoms with E-state index in [1.54, 1.807) is 14.0 Å². The molecule has 1 aliphatic heterocycles. The largest absolute Gasteiger partial charge is 0.438 e. The summed E-state index contributed by atoms with van der Waals surface area (Å²) in [5.74, 6) is -0.00986. The number of likely N-dealkylation sites (N-methyl/N-ethyl adjacent to an activating group) is 1. The quantitative estimate of drug-likeness (QED) is 0.702. The average Bonchev–Trinajstić information content (AvgIpc) is 2.85. The summed E-state index contributed by atoms with van der Waals surface area (Å²) in [6.07, 6.45) is 0.719. The van der Waals surface area contributed by atoms with Gasteiger partial charge in [0.25, 0.3) is 5.91 Å². The number of hydrogen-bond donors (Lipinski definition) is 2. The van der Waals surface area contributed by atoms with Crippen molar-refractivity contribution in [2.24, 2.45) is 0 Å². The van der Waals surface area contributed by atoms with Crippen molar-refractivity contribution >= 4 is 5.91 Å². The SMILES string of the molecule is Cc1ncoc1C(=O)N(C)[C@@H]1CNC[C@H]1O. The molecule has 6 nitrogen and oxygen atoms in total. The van der Waals surface area contributed by atoms with Gasteiger partial charge < -0.3 is 19.7 Å². The Labute approximate surface area is 93.3 Å². The summed E-state index contributed by atoms with van der Waals surface area (Å²) in [6.45, 7) is 2.82.